The smallest absolute Gasteiger partial charge is 0.123 e. The van der Waals surface area contributed by atoms with Crippen molar-refractivity contribution in [3.8, 4) is 5.75 Å². The summed E-state index contributed by atoms with van der Waals surface area (Å²) >= 11 is 0. The maximum absolute atomic E-state index is 13.8. The summed E-state index contributed by atoms with van der Waals surface area (Å²) in [4.78, 5) is 2.28. The van der Waals surface area contributed by atoms with E-state index in [1.165, 1.54) is 17.3 Å². The fraction of sp³-hybridized carbons (Fsp3) is 0.238. The second-order valence-corrected chi connectivity index (χ2v) is 6.53. The van der Waals surface area contributed by atoms with Crippen molar-refractivity contribution in [1.82, 2.24) is 9.47 Å². The standard InChI is InChI=1S/C21H21FN2O.ClH/c1-23-11-10-21-19(14-23)18-13-16(22)5-8-20(18)24(21)12-9-15-3-6-17(25-2)7-4-15;/h3-9,12-13H,10-11,14H2,1-2H3;1H/b12-9-;. The largest absolute Gasteiger partial charge is 0.497 e. The third-order valence-electron chi connectivity index (χ3n) is 4.87. The first-order valence-electron chi connectivity index (χ1n) is 8.47. The van der Waals surface area contributed by atoms with Gasteiger partial charge in [0.05, 0.1) is 12.6 Å². The zero-order chi connectivity index (χ0) is 17.4. The summed E-state index contributed by atoms with van der Waals surface area (Å²) in [5.41, 5.74) is 4.68. The van der Waals surface area contributed by atoms with Crippen LogP contribution in [0.2, 0.25) is 0 Å². The van der Waals surface area contributed by atoms with Crippen LogP contribution in [0.1, 0.15) is 16.8 Å². The summed E-state index contributed by atoms with van der Waals surface area (Å²) in [6.07, 6.45) is 5.14. The Bertz CT molecular complexity index is 947. The Morgan fingerprint density at radius 3 is 2.62 bits per heavy atom. The number of hydrogen-bond donors (Lipinski definition) is 0. The molecule has 5 heteroatoms. The molecular formula is C21H22ClFN2O. The Hall–Kier alpha value is -2.30. The van der Waals surface area contributed by atoms with Gasteiger partial charge in [-0.15, -0.1) is 12.4 Å². The van der Waals surface area contributed by atoms with Crippen LogP contribution in [0.5, 0.6) is 5.75 Å². The van der Waals surface area contributed by atoms with Gasteiger partial charge < -0.3 is 14.2 Å². The monoisotopic (exact) mass is 372 g/mol. The van der Waals surface area contributed by atoms with Crippen LogP contribution in [0.4, 0.5) is 4.39 Å². The molecule has 0 spiro atoms. The first-order valence-corrected chi connectivity index (χ1v) is 8.47. The lowest BCUT2D eigenvalue weighted by atomic mass is 10.1. The van der Waals surface area contributed by atoms with Gasteiger partial charge in [-0.1, -0.05) is 12.1 Å². The van der Waals surface area contributed by atoms with Crippen molar-refractivity contribution in [3.05, 3.63) is 65.1 Å². The number of likely N-dealkylation sites (N-methyl/N-ethyl adjacent to an activating group) is 1. The molecule has 3 aromatic rings. The highest BCUT2D eigenvalue weighted by molar-refractivity contribution is 5.88. The lowest BCUT2D eigenvalue weighted by Crippen LogP contribution is -2.26. The second kappa shape index (κ2) is 7.52. The molecule has 1 aromatic heterocycles. The van der Waals surface area contributed by atoms with Crippen LogP contribution >= 0.6 is 12.4 Å². The number of hydrogen-bond acceptors (Lipinski definition) is 2. The maximum atomic E-state index is 13.8. The highest BCUT2D eigenvalue weighted by atomic mass is 35.5. The minimum absolute atomic E-state index is 0. The molecule has 1 aliphatic heterocycles. The van der Waals surface area contributed by atoms with E-state index in [1.54, 1.807) is 13.2 Å². The quantitative estimate of drug-likeness (QED) is 0.655. The van der Waals surface area contributed by atoms with Gasteiger partial charge >= 0.3 is 0 Å². The summed E-state index contributed by atoms with van der Waals surface area (Å²) in [6.45, 7) is 1.88. The third-order valence-corrected chi connectivity index (χ3v) is 4.87. The molecule has 1 aliphatic rings. The highest BCUT2D eigenvalue weighted by Gasteiger charge is 2.21. The molecule has 0 saturated heterocycles. The Morgan fingerprint density at radius 2 is 1.88 bits per heavy atom. The van der Waals surface area contributed by atoms with Crippen LogP contribution < -0.4 is 4.74 Å². The number of rotatable bonds is 3. The number of aromatic nitrogens is 1. The van der Waals surface area contributed by atoms with E-state index < -0.39 is 0 Å². The van der Waals surface area contributed by atoms with Gasteiger partial charge in [-0.25, -0.2) is 4.39 Å². The van der Waals surface area contributed by atoms with Gasteiger partial charge in [-0.05, 0) is 54.6 Å². The Balaban J connectivity index is 0.00000196. The van der Waals surface area contributed by atoms with Crippen molar-refractivity contribution in [2.24, 2.45) is 0 Å². The fourth-order valence-electron chi connectivity index (χ4n) is 3.55. The molecular weight excluding hydrogens is 351 g/mol. The normalized spacial score (nSPS) is 14.4. The van der Waals surface area contributed by atoms with Crippen molar-refractivity contribution in [1.29, 1.82) is 0 Å². The number of ether oxygens (including phenoxy) is 1. The van der Waals surface area contributed by atoms with Crippen molar-refractivity contribution in [2.45, 2.75) is 13.0 Å². The average Bonchev–Trinajstić information content (AvgIpc) is 2.92. The molecule has 0 amide bonds. The van der Waals surface area contributed by atoms with E-state index in [4.69, 9.17) is 4.74 Å². The van der Waals surface area contributed by atoms with Crippen molar-refractivity contribution >= 4 is 35.6 Å². The van der Waals surface area contributed by atoms with E-state index in [1.807, 2.05) is 30.3 Å². The fourth-order valence-corrected chi connectivity index (χ4v) is 3.55. The lowest BCUT2D eigenvalue weighted by molar-refractivity contribution is 0.312. The molecule has 2 heterocycles. The lowest BCUT2D eigenvalue weighted by Gasteiger charge is -2.23. The molecule has 0 atom stereocenters. The van der Waals surface area contributed by atoms with Gasteiger partial charge in [0.15, 0.2) is 0 Å². The molecule has 0 fully saturated rings. The minimum Gasteiger partial charge on any atom is -0.497 e. The van der Waals surface area contributed by atoms with Gasteiger partial charge in [0.2, 0.25) is 0 Å². The Labute approximate surface area is 159 Å². The van der Waals surface area contributed by atoms with Crippen LogP contribution in [0.15, 0.2) is 42.5 Å². The molecule has 3 nitrogen and oxygen atoms in total. The number of fused-ring (bicyclic) bond motifs is 3. The summed E-state index contributed by atoms with van der Waals surface area (Å²) in [6, 6.07) is 13.0. The molecule has 0 saturated carbocycles. The molecule has 0 bridgehead atoms. The SMILES string of the molecule is COc1ccc(/C=C\n2c3c(c4cc(F)ccc42)CN(C)CC3)cc1.Cl. The predicted molar refractivity (Wildman–Crippen MR) is 107 cm³/mol. The van der Waals surface area contributed by atoms with Crippen LogP contribution in [-0.4, -0.2) is 30.2 Å². The van der Waals surface area contributed by atoms with Gasteiger partial charge in [-0.3, -0.25) is 0 Å². The summed E-state index contributed by atoms with van der Waals surface area (Å²) in [5.74, 6) is 0.666. The Kier molecular flexibility index (Phi) is 5.35. The first kappa shape index (κ1) is 18.5. The molecule has 4 rings (SSSR count). The number of methoxy groups -OCH3 is 1. The van der Waals surface area contributed by atoms with Crippen molar-refractivity contribution in [2.75, 3.05) is 20.7 Å². The molecule has 136 valence electrons. The zero-order valence-corrected chi connectivity index (χ0v) is 15.7. The molecule has 0 aliphatic carbocycles. The van der Waals surface area contributed by atoms with Crippen molar-refractivity contribution in [3.63, 3.8) is 0 Å². The molecule has 0 radical (unpaired) electrons. The van der Waals surface area contributed by atoms with Gasteiger partial charge in [0.1, 0.15) is 11.6 Å². The predicted octanol–water partition coefficient (Wildman–Crippen LogP) is 4.83. The van der Waals surface area contributed by atoms with Crippen LogP contribution in [-0.2, 0) is 13.0 Å². The first-order chi connectivity index (χ1) is 12.2. The second-order valence-electron chi connectivity index (χ2n) is 6.53. The van der Waals surface area contributed by atoms with Crippen LogP contribution in [0, 0.1) is 5.82 Å². The van der Waals surface area contributed by atoms with E-state index in [0.717, 1.165) is 41.7 Å². The van der Waals surface area contributed by atoms with E-state index in [2.05, 4.69) is 28.8 Å². The number of halogens is 2. The summed E-state index contributed by atoms with van der Waals surface area (Å²) in [5, 5.41) is 1.01. The summed E-state index contributed by atoms with van der Waals surface area (Å²) in [7, 11) is 3.78. The number of nitrogens with zero attached hydrogens (tertiary/aromatic N) is 2. The van der Waals surface area contributed by atoms with Crippen molar-refractivity contribution < 1.29 is 9.13 Å². The highest BCUT2D eigenvalue weighted by Crippen LogP contribution is 2.31. The van der Waals surface area contributed by atoms with E-state index in [-0.39, 0.29) is 18.2 Å². The molecule has 2 aromatic carbocycles. The van der Waals surface area contributed by atoms with Gasteiger partial charge in [0, 0.05) is 36.8 Å². The number of benzene rings is 2. The zero-order valence-electron chi connectivity index (χ0n) is 14.9. The van der Waals surface area contributed by atoms with E-state index in [0.29, 0.717) is 0 Å². The maximum Gasteiger partial charge on any atom is 0.123 e. The average molecular weight is 373 g/mol. The van der Waals surface area contributed by atoms with Crippen LogP contribution in [0.25, 0.3) is 23.2 Å². The summed E-state index contributed by atoms with van der Waals surface area (Å²) < 4.78 is 21.2. The van der Waals surface area contributed by atoms with Crippen LogP contribution in [0.3, 0.4) is 0 Å². The van der Waals surface area contributed by atoms with Gasteiger partial charge in [0.25, 0.3) is 0 Å². The third kappa shape index (κ3) is 3.35. The van der Waals surface area contributed by atoms with E-state index in [9.17, 15) is 4.39 Å². The Morgan fingerprint density at radius 1 is 1.12 bits per heavy atom. The molecule has 26 heavy (non-hydrogen) atoms. The minimum atomic E-state index is -0.181. The topological polar surface area (TPSA) is 17.4 Å². The molecule has 0 unspecified atom stereocenters. The molecule has 0 N–H and O–H groups in total. The van der Waals surface area contributed by atoms with E-state index >= 15 is 0 Å². The van der Waals surface area contributed by atoms with Gasteiger partial charge in [-0.2, -0.15) is 0 Å².